The molecule has 1 fully saturated rings. The second-order valence-electron chi connectivity index (χ2n) is 12.3. The zero-order chi connectivity index (χ0) is 33.3. The van der Waals surface area contributed by atoms with E-state index in [0.717, 1.165) is 68.9 Å². The van der Waals surface area contributed by atoms with Crippen molar-refractivity contribution in [2.24, 2.45) is 0 Å². The van der Waals surface area contributed by atoms with E-state index in [-0.39, 0.29) is 5.56 Å². The molecule has 0 unspecified atom stereocenters. The summed E-state index contributed by atoms with van der Waals surface area (Å²) in [5, 5.41) is 10.8. The van der Waals surface area contributed by atoms with Crippen LogP contribution in [-0.4, -0.2) is 68.5 Å². The number of carboxylic acids is 1. The fourth-order valence-electron chi connectivity index (χ4n) is 5.72. The van der Waals surface area contributed by atoms with Crippen LogP contribution < -0.4 is 0 Å². The van der Waals surface area contributed by atoms with Crippen LogP contribution in [0.4, 0.5) is 0 Å². The third kappa shape index (κ3) is 11.3. The molecular weight excluding hydrogens is 604 g/mol. The summed E-state index contributed by atoms with van der Waals surface area (Å²) in [5.41, 5.74) is 3.83. The minimum atomic E-state index is -1.06. The van der Waals surface area contributed by atoms with E-state index in [4.69, 9.17) is 35.3 Å². The van der Waals surface area contributed by atoms with Gasteiger partial charge >= 0.3 is 5.97 Å². The fourth-order valence-corrected chi connectivity index (χ4v) is 5.95. The third-order valence-corrected chi connectivity index (χ3v) is 8.92. The number of unbranched alkanes of at least 4 members (excludes halogenated alkanes) is 4. The van der Waals surface area contributed by atoms with Crippen molar-refractivity contribution in [3.8, 4) is 0 Å². The molecule has 258 valence electrons. The third-order valence-electron chi connectivity index (χ3n) is 8.56. The smallest absolute Gasteiger partial charge is 0.336 e. The molecule has 46 heavy (non-hydrogen) atoms. The van der Waals surface area contributed by atoms with E-state index in [9.17, 15) is 9.90 Å². The Morgan fingerprint density at radius 3 is 1.87 bits per heavy atom. The van der Waals surface area contributed by atoms with Gasteiger partial charge in [0.2, 0.25) is 0 Å². The molecule has 5 atom stereocenters. The second-order valence-corrected chi connectivity index (χ2v) is 12.7. The van der Waals surface area contributed by atoms with Crippen molar-refractivity contribution in [3.05, 3.63) is 69.2 Å². The average molecular weight is 661 g/mol. The summed E-state index contributed by atoms with van der Waals surface area (Å²) >= 11 is 6.77. The number of hydrogen-bond acceptors (Lipinski definition) is 6. The number of aromatic carboxylic acids is 1. The van der Waals surface area contributed by atoms with Crippen LogP contribution in [-0.2, 0) is 36.5 Å². The highest BCUT2D eigenvalue weighted by molar-refractivity contribution is 6.31. The first-order valence-corrected chi connectivity index (χ1v) is 18.0. The molecule has 1 saturated heterocycles. The molecule has 0 spiro atoms. The van der Waals surface area contributed by atoms with Crippen LogP contribution >= 0.6 is 11.6 Å². The highest BCUT2D eigenvalue weighted by atomic mass is 35.5. The number of ether oxygens (including phenoxy) is 5. The molecule has 1 aliphatic rings. The highest BCUT2D eigenvalue weighted by Gasteiger charge is 2.49. The van der Waals surface area contributed by atoms with Crippen LogP contribution in [0.3, 0.4) is 0 Å². The van der Waals surface area contributed by atoms with Crippen molar-refractivity contribution < 1.29 is 33.6 Å². The van der Waals surface area contributed by atoms with Crippen LogP contribution in [0, 0.1) is 0 Å². The molecule has 7 nitrogen and oxygen atoms in total. The lowest BCUT2D eigenvalue weighted by atomic mass is 9.87. The molecule has 0 bridgehead atoms. The first-order chi connectivity index (χ1) is 22.4. The quantitative estimate of drug-likeness (QED) is 0.126. The summed E-state index contributed by atoms with van der Waals surface area (Å²) in [6.07, 6.45) is 6.44. The van der Waals surface area contributed by atoms with E-state index in [0.29, 0.717) is 50.0 Å². The molecular formula is C38H57ClO7. The fraction of sp³-hybridized carbons (Fsp3) is 0.658. The van der Waals surface area contributed by atoms with Crippen LogP contribution in [0.25, 0.3) is 0 Å². The van der Waals surface area contributed by atoms with Gasteiger partial charge in [0.25, 0.3) is 0 Å². The van der Waals surface area contributed by atoms with E-state index < -0.39 is 36.5 Å². The van der Waals surface area contributed by atoms with Gasteiger partial charge in [-0.3, -0.25) is 0 Å². The predicted molar refractivity (Wildman–Crippen MR) is 184 cm³/mol. The molecule has 0 saturated carbocycles. The van der Waals surface area contributed by atoms with Crippen LogP contribution in [0.15, 0.2) is 36.4 Å². The topological polar surface area (TPSA) is 83.5 Å². The second kappa shape index (κ2) is 21.1. The molecule has 1 aliphatic heterocycles. The lowest BCUT2D eigenvalue weighted by Gasteiger charge is -2.46. The number of hydrogen-bond donors (Lipinski definition) is 1. The van der Waals surface area contributed by atoms with Crippen molar-refractivity contribution >= 4 is 17.6 Å². The number of carbonyl (C=O) groups is 1. The molecule has 0 aliphatic carbocycles. The molecule has 1 N–H and O–H groups in total. The molecule has 1 heterocycles. The van der Waals surface area contributed by atoms with Crippen LogP contribution in [0.1, 0.15) is 125 Å². The Morgan fingerprint density at radius 2 is 1.30 bits per heavy atom. The minimum absolute atomic E-state index is 0.104. The molecule has 0 amide bonds. The van der Waals surface area contributed by atoms with Gasteiger partial charge in [-0.2, -0.15) is 0 Å². The molecule has 3 rings (SSSR count). The molecule has 2 aromatic rings. The Labute approximate surface area is 282 Å². The Balaban J connectivity index is 2.11. The number of aryl methyl sites for hydroxylation is 1. The zero-order valence-electron chi connectivity index (χ0n) is 28.7. The number of halogens is 1. The normalized spacial score (nSPS) is 21.5. The van der Waals surface area contributed by atoms with E-state index in [2.05, 4.69) is 58.9 Å². The number of carboxylic acid groups (broad SMARTS) is 1. The Morgan fingerprint density at radius 1 is 0.761 bits per heavy atom. The van der Waals surface area contributed by atoms with Gasteiger partial charge in [-0.05, 0) is 66.8 Å². The van der Waals surface area contributed by atoms with Gasteiger partial charge < -0.3 is 28.8 Å². The zero-order valence-corrected chi connectivity index (χ0v) is 29.5. The van der Waals surface area contributed by atoms with E-state index in [1.54, 1.807) is 6.07 Å². The lowest BCUT2D eigenvalue weighted by molar-refractivity contribution is -0.268. The Hall–Kier alpha value is -2.00. The molecule has 8 heteroatoms. The summed E-state index contributed by atoms with van der Waals surface area (Å²) in [6.45, 7) is 13.2. The van der Waals surface area contributed by atoms with Gasteiger partial charge in [0, 0.05) is 31.5 Å². The maximum atomic E-state index is 12.7. The molecule has 0 aromatic heterocycles. The lowest BCUT2D eigenvalue weighted by Crippen LogP contribution is -2.58. The predicted octanol–water partition coefficient (Wildman–Crippen LogP) is 9.00. The van der Waals surface area contributed by atoms with E-state index >= 15 is 0 Å². The average Bonchev–Trinajstić information content (AvgIpc) is 3.05. The summed E-state index contributed by atoms with van der Waals surface area (Å²) in [5.74, 6) is -1.06. The van der Waals surface area contributed by atoms with E-state index in [1.807, 2.05) is 6.07 Å². The van der Waals surface area contributed by atoms with Crippen molar-refractivity contribution in [2.45, 2.75) is 129 Å². The highest BCUT2D eigenvalue weighted by Crippen LogP contribution is 2.40. The SMILES string of the molecule is CCCCOC[C@H]1O[C@@H](c2cc(Cc3ccc(CC)cc3)c(Cl)cc2C(=O)O)[C@H](OCCCC)[C@@H](OCCCC)[C@@H]1OCCCC. The van der Waals surface area contributed by atoms with Crippen molar-refractivity contribution in [1.29, 1.82) is 0 Å². The van der Waals surface area contributed by atoms with Gasteiger partial charge in [-0.25, -0.2) is 4.79 Å². The maximum Gasteiger partial charge on any atom is 0.336 e. The van der Waals surface area contributed by atoms with Gasteiger partial charge in [0.15, 0.2) is 0 Å². The first-order valence-electron chi connectivity index (χ1n) is 17.6. The van der Waals surface area contributed by atoms with Gasteiger partial charge in [0.1, 0.15) is 30.5 Å². The van der Waals surface area contributed by atoms with Crippen molar-refractivity contribution in [1.82, 2.24) is 0 Å². The maximum absolute atomic E-state index is 12.7. The Bertz CT molecular complexity index is 1150. The van der Waals surface area contributed by atoms with Gasteiger partial charge in [-0.1, -0.05) is 102 Å². The largest absolute Gasteiger partial charge is 0.478 e. The summed E-state index contributed by atoms with van der Waals surface area (Å²) < 4.78 is 32.8. The summed E-state index contributed by atoms with van der Waals surface area (Å²) in [4.78, 5) is 12.7. The standard InChI is InChI=1S/C38H57ClO7/c1-6-11-19-42-26-33-35(43-20-12-7-2)37(45-22-14-9-4)36(44-21-13-8-3)34(46-33)30-24-29(32(39)25-31(30)38(40)41)23-28-17-15-27(10-5)16-18-28/h15-18,24-25,33-37H,6-14,19-23,26H2,1-5H3,(H,40,41)/t33-,34+,35-,36+,37+/m1/s1. The van der Waals surface area contributed by atoms with Crippen LogP contribution in [0.5, 0.6) is 0 Å². The number of rotatable bonds is 22. The van der Waals surface area contributed by atoms with Gasteiger partial charge in [0.05, 0.1) is 12.2 Å². The molecule has 0 radical (unpaired) electrons. The molecule has 2 aromatic carbocycles. The van der Waals surface area contributed by atoms with Gasteiger partial charge in [-0.15, -0.1) is 0 Å². The first kappa shape index (κ1) is 38.4. The minimum Gasteiger partial charge on any atom is -0.478 e. The Kier molecular flexibility index (Phi) is 17.6. The summed E-state index contributed by atoms with van der Waals surface area (Å²) in [7, 11) is 0. The van der Waals surface area contributed by atoms with Crippen molar-refractivity contribution in [3.63, 3.8) is 0 Å². The monoisotopic (exact) mass is 660 g/mol. The van der Waals surface area contributed by atoms with Crippen molar-refractivity contribution in [2.75, 3.05) is 33.0 Å². The van der Waals surface area contributed by atoms with Crippen LogP contribution in [0.2, 0.25) is 5.02 Å². The summed E-state index contributed by atoms with van der Waals surface area (Å²) in [6, 6.07) is 11.9. The number of benzene rings is 2. The van der Waals surface area contributed by atoms with E-state index in [1.165, 1.54) is 5.56 Å².